The van der Waals surface area contributed by atoms with Gasteiger partial charge in [0.05, 0.1) is 0 Å². The third-order valence-corrected chi connectivity index (χ3v) is 4.31. The fraction of sp³-hybridized carbons (Fsp3) is 0.357. The molecule has 0 spiro atoms. The van der Waals surface area contributed by atoms with Crippen molar-refractivity contribution in [2.45, 2.75) is 12.8 Å². The normalized spacial score (nSPS) is 10.6. The fourth-order valence-electron chi connectivity index (χ4n) is 1.39. The van der Waals surface area contributed by atoms with Crippen molar-refractivity contribution in [3.8, 4) is 11.8 Å². The standard InChI is InChI=1S/C14H17O4P/c1-17-19(16,18-2)12-14(15)11-7-6-10-13-8-4-3-5-9-13/h3-5,8-9H,7,11-12H2,1-2H3. The van der Waals surface area contributed by atoms with E-state index in [0.717, 1.165) is 5.56 Å². The molecule has 0 fully saturated rings. The largest absolute Gasteiger partial charge is 0.337 e. The van der Waals surface area contributed by atoms with E-state index >= 15 is 0 Å². The Labute approximate surface area is 113 Å². The summed E-state index contributed by atoms with van der Waals surface area (Å²) in [5.74, 6) is 5.70. The molecule has 1 aromatic rings. The van der Waals surface area contributed by atoms with Gasteiger partial charge in [-0.2, -0.15) is 0 Å². The first-order valence-corrected chi connectivity index (χ1v) is 7.58. The van der Waals surface area contributed by atoms with Gasteiger partial charge in [-0.25, -0.2) is 0 Å². The molecular formula is C14H17O4P. The van der Waals surface area contributed by atoms with E-state index in [2.05, 4.69) is 11.8 Å². The van der Waals surface area contributed by atoms with Crippen LogP contribution in [0.2, 0.25) is 0 Å². The van der Waals surface area contributed by atoms with E-state index in [1.54, 1.807) is 0 Å². The Bertz CT molecular complexity index is 505. The van der Waals surface area contributed by atoms with E-state index in [1.807, 2.05) is 30.3 Å². The number of hydrogen-bond acceptors (Lipinski definition) is 4. The van der Waals surface area contributed by atoms with Crippen molar-refractivity contribution >= 4 is 13.4 Å². The van der Waals surface area contributed by atoms with Crippen LogP contribution in [0.1, 0.15) is 18.4 Å². The lowest BCUT2D eigenvalue weighted by Gasteiger charge is -2.11. The van der Waals surface area contributed by atoms with Crippen LogP contribution in [0.5, 0.6) is 0 Å². The molecule has 0 amide bonds. The molecule has 0 atom stereocenters. The van der Waals surface area contributed by atoms with Crippen molar-refractivity contribution in [1.82, 2.24) is 0 Å². The Hall–Kier alpha value is -1.40. The van der Waals surface area contributed by atoms with E-state index in [9.17, 15) is 9.36 Å². The second kappa shape index (κ2) is 7.91. The maximum absolute atomic E-state index is 11.7. The number of benzene rings is 1. The number of rotatable bonds is 6. The second-order valence-electron chi connectivity index (χ2n) is 3.84. The lowest BCUT2D eigenvalue weighted by molar-refractivity contribution is -0.116. The third kappa shape index (κ3) is 5.85. The van der Waals surface area contributed by atoms with Crippen molar-refractivity contribution in [3.63, 3.8) is 0 Å². The van der Waals surface area contributed by atoms with E-state index in [4.69, 9.17) is 9.05 Å². The van der Waals surface area contributed by atoms with Crippen LogP contribution in [0.25, 0.3) is 0 Å². The van der Waals surface area contributed by atoms with Gasteiger partial charge in [-0.05, 0) is 12.1 Å². The molecule has 0 aromatic heterocycles. The molecule has 0 aliphatic rings. The highest BCUT2D eigenvalue weighted by molar-refractivity contribution is 7.54. The molecule has 4 nitrogen and oxygen atoms in total. The Morgan fingerprint density at radius 2 is 1.84 bits per heavy atom. The van der Waals surface area contributed by atoms with Crippen molar-refractivity contribution < 1.29 is 18.4 Å². The molecule has 0 unspecified atom stereocenters. The number of carbonyl (C=O) groups excluding carboxylic acids is 1. The summed E-state index contributed by atoms with van der Waals surface area (Å²) in [5, 5.41) is 0. The summed E-state index contributed by atoms with van der Waals surface area (Å²) in [7, 11) is -0.700. The zero-order valence-corrected chi connectivity index (χ0v) is 12.0. The van der Waals surface area contributed by atoms with Crippen LogP contribution in [0, 0.1) is 11.8 Å². The SMILES string of the molecule is COP(=O)(CC(=O)CCC#Cc1ccccc1)OC. The van der Waals surface area contributed by atoms with Crippen molar-refractivity contribution in [3.05, 3.63) is 35.9 Å². The van der Waals surface area contributed by atoms with E-state index < -0.39 is 7.60 Å². The van der Waals surface area contributed by atoms with E-state index in [-0.39, 0.29) is 18.4 Å². The highest BCUT2D eigenvalue weighted by atomic mass is 31.2. The van der Waals surface area contributed by atoms with Gasteiger partial charge in [0, 0.05) is 32.6 Å². The van der Waals surface area contributed by atoms with Gasteiger partial charge in [-0.3, -0.25) is 9.36 Å². The van der Waals surface area contributed by atoms with Crippen LogP contribution in [-0.4, -0.2) is 26.2 Å². The van der Waals surface area contributed by atoms with Gasteiger partial charge in [0.2, 0.25) is 0 Å². The first-order chi connectivity index (χ1) is 9.09. The predicted octanol–water partition coefficient (Wildman–Crippen LogP) is 2.87. The summed E-state index contributed by atoms with van der Waals surface area (Å²) < 4.78 is 21.1. The molecule has 19 heavy (non-hydrogen) atoms. The molecule has 1 aromatic carbocycles. The number of ketones is 1. The molecule has 0 heterocycles. The van der Waals surface area contributed by atoms with Gasteiger partial charge in [-0.1, -0.05) is 30.0 Å². The molecule has 1 rings (SSSR count). The first-order valence-electron chi connectivity index (χ1n) is 5.86. The minimum atomic E-state index is -3.24. The summed E-state index contributed by atoms with van der Waals surface area (Å²) in [6.07, 6.45) is 0.477. The van der Waals surface area contributed by atoms with Gasteiger partial charge < -0.3 is 9.05 Å². The molecule has 0 aliphatic heterocycles. The monoisotopic (exact) mass is 280 g/mol. The number of hydrogen-bond donors (Lipinski definition) is 0. The molecule has 0 saturated carbocycles. The average molecular weight is 280 g/mol. The minimum absolute atomic E-state index is 0.172. The van der Waals surface area contributed by atoms with Gasteiger partial charge in [0.15, 0.2) is 0 Å². The second-order valence-corrected chi connectivity index (χ2v) is 6.11. The van der Waals surface area contributed by atoms with E-state index in [1.165, 1.54) is 14.2 Å². The van der Waals surface area contributed by atoms with Crippen molar-refractivity contribution in [1.29, 1.82) is 0 Å². The van der Waals surface area contributed by atoms with Crippen LogP contribution in [0.3, 0.4) is 0 Å². The van der Waals surface area contributed by atoms with Crippen molar-refractivity contribution in [2.24, 2.45) is 0 Å². The molecule has 0 saturated heterocycles. The summed E-state index contributed by atoms with van der Waals surface area (Å²) in [4.78, 5) is 11.6. The molecule has 5 heteroatoms. The maximum Gasteiger partial charge on any atom is 0.337 e. The summed E-state index contributed by atoms with van der Waals surface area (Å²) in [6, 6.07) is 9.53. The molecular weight excluding hydrogens is 263 g/mol. The van der Waals surface area contributed by atoms with Gasteiger partial charge >= 0.3 is 7.60 Å². The van der Waals surface area contributed by atoms with Crippen LogP contribution in [0.4, 0.5) is 0 Å². The van der Waals surface area contributed by atoms with Gasteiger partial charge in [0.25, 0.3) is 0 Å². The fourth-order valence-corrected chi connectivity index (χ4v) is 2.38. The molecule has 0 radical (unpaired) electrons. The first kappa shape index (κ1) is 15.7. The molecule has 0 N–H and O–H groups in total. The molecule has 0 bridgehead atoms. The number of Topliss-reactive ketones (excluding diaryl/α,β-unsaturated/α-hetero) is 1. The highest BCUT2D eigenvalue weighted by Crippen LogP contribution is 2.46. The van der Waals surface area contributed by atoms with E-state index in [0.29, 0.717) is 6.42 Å². The van der Waals surface area contributed by atoms with Crippen LogP contribution in [-0.2, 0) is 18.4 Å². The molecule has 102 valence electrons. The summed E-state index contributed by atoms with van der Waals surface area (Å²) in [6.45, 7) is 0. The smallest absolute Gasteiger partial charge is 0.312 e. The maximum atomic E-state index is 11.7. The lowest BCUT2D eigenvalue weighted by atomic mass is 10.2. The zero-order valence-electron chi connectivity index (χ0n) is 11.1. The number of carbonyl (C=O) groups is 1. The summed E-state index contributed by atoms with van der Waals surface area (Å²) >= 11 is 0. The lowest BCUT2D eigenvalue weighted by Crippen LogP contribution is -2.07. The topological polar surface area (TPSA) is 52.6 Å². The summed E-state index contributed by atoms with van der Waals surface area (Å²) in [5.41, 5.74) is 0.911. The average Bonchev–Trinajstić information content (AvgIpc) is 2.44. The predicted molar refractivity (Wildman–Crippen MR) is 74.1 cm³/mol. The van der Waals surface area contributed by atoms with Crippen LogP contribution in [0.15, 0.2) is 30.3 Å². The van der Waals surface area contributed by atoms with Gasteiger partial charge in [0.1, 0.15) is 11.9 Å². The Morgan fingerprint density at radius 1 is 1.21 bits per heavy atom. The Morgan fingerprint density at radius 3 is 2.42 bits per heavy atom. The third-order valence-electron chi connectivity index (χ3n) is 2.46. The highest BCUT2D eigenvalue weighted by Gasteiger charge is 2.24. The van der Waals surface area contributed by atoms with Crippen LogP contribution >= 0.6 is 7.60 Å². The Balaban J connectivity index is 2.40. The quantitative estimate of drug-likeness (QED) is 0.594. The minimum Gasteiger partial charge on any atom is -0.312 e. The zero-order chi connectivity index (χ0) is 14.1. The van der Waals surface area contributed by atoms with Gasteiger partial charge in [-0.15, -0.1) is 0 Å². The molecule has 0 aliphatic carbocycles. The van der Waals surface area contributed by atoms with Crippen LogP contribution < -0.4 is 0 Å². The Kier molecular flexibility index (Phi) is 6.52. The van der Waals surface area contributed by atoms with Crippen molar-refractivity contribution in [2.75, 3.05) is 20.4 Å².